The van der Waals surface area contributed by atoms with Crippen molar-refractivity contribution in [1.29, 1.82) is 0 Å². The normalized spacial score (nSPS) is 10.1. The average Bonchev–Trinajstić information content (AvgIpc) is 2.49. The summed E-state index contributed by atoms with van der Waals surface area (Å²) in [6.45, 7) is 4.96. The molecule has 0 aliphatic carbocycles. The molecular weight excluding hydrogens is 254 g/mol. The molecule has 0 atom stereocenters. The van der Waals surface area contributed by atoms with E-state index in [0.717, 1.165) is 25.0 Å². The molecule has 0 unspecified atom stereocenters. The summed E-state index contributed by atoms with van der Waals surface area (Å²) < 4.78 is 5.38. The lowest BCUT2D eigenvalue weighted by molar-refractivity contribution is 0.0792. The van der Waals surface area contributed by atoms with E-state index in [1.165, 1.54) is 0 Å². The fourth-order valence-electron chi connectivity index (χ4n) is 1.81. The summed E-state index contributed by atoms with van der Waals surface area (Å²) in [5, 5.41) is 8.71. The number of ether oxygens (including phenoxy) is 1. The van der Waals surface area contributed by atoms with Crippen LogP contribution in [0.25, 0.3) is 0 Å². The van der Waals surface area contributed by atoms with Gasteiger partial charge in [0.2, 0.25) is 0 Å². The van der Waals surface area contributed by atoms with Crippen LogP contribution in [0.15, 0.2) is 36.9 Å². The van der Waals surface area contributed by atoms with Gasteiger partial charge in [0.15, 0.2) is 0 Å². The smallest absolute Gasteiger partial charge is 0.253 e. The quantitative estimate of drug-likeness (QED) is 0.557. The Bertz CT molecular complexity index is 414. The van der Waals surface area contributed by atoms with Gasteiger partial charge < -0.3 is 14.7 Å². The zero-order chi connectivity index (χ0) is 14.8. The number of benzene rings is 1. The number of nitrogens with zero attached hydrogens (tertiary/aromatic N) is 1. The Morgan fingerprint density at radius 1 is 1.30 bits per heavy atom. The zero-order valence-corrected chi connectivity index (χ0v) is 12.0. The molecule has 0 aromatic heterocycles. The summed E-state index contributed by atoms with van der Waals surface area (Å²) >= 11 is 0. The predicted molar refractivity (Wildman–Crippen MR) is 80.0 cm³/mol. The van der Waals surface area contributed by atoms with Gasteiger partial charge in [-0.05, 0) is 43.5 Å². The van der Waals surface area contributed by atoms with Crippen molar-refractivity contribution in [2.24, 2.45) is 0 Å². The van der Waals surface area contributed by atoms with Crippen molar-refractivity contribution in [3.8, 4) is 5.75 Å². The minimum Gasteiger partial charge on any atom is -0.490 e. The summed E-state index contributed by atoms with van der Waals surface area (Å²) in [5.41, 5.74) is 0.653. The molecule has 0 radical (unpaired) electrons. The maximum absolute atomic E-state index is 12.2. The van der Waals surface area contributed by atoms with E-state index in [-0.39, 0.29) is 12.5 Å². The van der Waals surface area contributed by atoms with Crippen molar-refractivity contribution < 1.29 is 14.6 Å². The first-order valence-electron chi connectivity index (χ1n) is 6.89. The van der Waals surface area contributed by atoms with Crippen LogP contribution < -0.4 is 4.74 Å². The van der Waals surface area contributed by atoms with Crippen molar-refractivity contribution in [2.75, 3.05) is 26.8 Å². The third kappa shape index (κ3) is 5.45. The van der Waals surface area contributed by atoms with Crippen LogP contribution >= 0.6 is 0 Å². The van der Waals surface area contributed by atoms with Crippen LogP contribution in [-0.2, 0) is 0 Å². The lowest BCUT2D eigenvalue weighted by Gasteiger charge is -2.17. The molecule has 0 fully saturated rings. The molecule has 0 aliphatic heterocycles. The first kappa shape index (κ1) is 16.2. The Labute approximate surface area is 120 Å². The molecule has 0 saturated carbocycles. The maximum atomic E-state index is 12.2. The molecule has 1 rings (SSSR count). The summed E-state index contributed by atoms with van der Waals surface area (Å²) in [4.78, 5) is 13.9. The Kier molecular flexibility index (Phi) is 7.43. The predicted octanol–water partition coefficient (Wildman–Crippen LogP) is 2.49. The minimum atomic E-state index is 0.00395. The first-order valence-corrected chi connectivity index (χ1v) is 6.89. The van der Waals surface area contributed by atoms with E-state index in [9.17, 15) is 4.79 Å². The first-order chi connectivity index (χ1) is 9.69. The molecule has 0 spiro atoms. The third-order valence-electron chi connectivity index (χ3n) is 2.97. The summed E-state index contributed by atoms with van der Waals surface area (Å²) in [6, 6.07) is 7.11. The molecule has 1 aromatic rings. The van der Waals surface area contributed by atoms with Crippen LogP contribution in [-0.4, -0.2) is 42.7 Å². The van der Waals surface area contributed by atoms with Gasteiger partial charge in [-0.15, -0.1) is 0 Å². The average molecular weight is 277 g/mol. The van der Waals surface area contributed by atoms with Gasteiger partial charge >= 0.3 is 0 Å². The van der Waals surface area contributed by atoms with E-state index in [4.69, 9.17) is 9.84 Å². The fraction of sp³-hybridized carbons (Fsp3) is 0.438. The van der Waals surface area contributed by atoms with Gasteiger partial charge in [0, 0.05) is 25.8 Å². The highest BCUT2D eigenvalue weighted by Gasteiger charge is 2.11. The second kappa shape index (κ2) is 9.15. The number of amides is 1. The number of aliphatic hydroxyl groups excluding tert-OH is 1. The highest BCUT2D eigenvalue weighted by atomic mass is 16.5. The number of aliphatic hydroxyl groups is 1. The van der Waals surface area contributed by atoms with Gasteiger partial charge in [0.1, 0.15) is 12.4 Å². The van der Waals surface area contributed by atoms with Crippen LogP contribution in [0.5, 0.6) is 5.75 Å². The molecule has 20 heavy (non-hydrogen) atoms. The molecule has 4 nitrogen and oxygen atoms in total. The Morgan fingerprint density at radius 3 is 2.60 bits per heavy atom. The van der Waals surface area contributed by atoms with Crippen LogP contribution in [0.2, 0.25) is 0 Å². The number of carbonyl (C=O) groups is 1. The second-order valence-electron chi connectivity index (χ2n) is 4.64. The Morgan fingerprint density at radius 2 is 2.00 bits per heavy atom. The zero-order valence-electron chi connectivity index (χ0n) is 12.0. The third-order valence-corrected chi connectivity index (χ3v) is 2.97. The van der Waals surface area contributed by atoms with Crippen LogP contribution in [0.3, 0.4) is 0 Å². The Balaban J connectivity index is 2.47. The maximum Gasteiger partial charge on any atom is 0.253 e. The van der Waals surface area contributed by atoms with Crippen LogP contribution in [0.1, 0.15) is 29.6 Å². The number of rotatable bonds is 9. The van der Waals surface area contributed by atoms with Gasteiger partial charge in [-0.25, -0.2) is 0 Å². The van der Waals surface area contributed by atoms with E-state index in [2.05, 4.69) is 6.58 Å². The monoisotopic (exact) mass is 277 g/mol. The standard InChI is InChI=1S/C16H23NO3/c1-3-13-20-15-9-7-14(8-10-15)16(19)17(2)11-5-4-6-12-18/h3,7-10,18H,1,4-6,11-13H2,2H3. The highest BCUT2D eigenvalue weighted by molar-refractivity contribution is 5.94. The molecule has 1 N–H and O–H groups in total. The van der Waals surface area contributed by atoms with E-state index >= 15 is 0 Å². The summed E-state index contributed by atoms with van der Waals surface area (Å²) in [5.74, 6) is 0.733. The summed E-state index contributed by atoms with van der Waals surface area (Å²) in [7, 11) is 1.80. The van der Waals surface area contributed by atoms with E-state index in [1.54, 1.807) is 42.3 Å². The lowest BCUT2D eigenvalue weighted by Crippen LogP contribution is -2.27. The molecule has 4 heteroatoms. The van der Waals surface area contributed by atoms with E-state index < -0.39 is 0 Å². The largest absolute Gasteiger partial charge is 0.490 e. The van der Waals surface area contributed by atoms with Gasteiger partial charge in [0.05, 0.1) is 0 Å². The number of unbranched alkanes of at least 4 members (excludes halogenated alkanes) is 2. The van der Waals surface area contributed by atoms with Crippen molar-refractivity contribution in [2.45, 2.75) is 19.3 Å². The highest BCUT2D eigenvalue weighted by Crippen LogP contribution is 2.13. The van der Waals surface area contributed by atoms with Crippen molar-refractivity contribution in [3.05, 3.63) is 42.5 Å². The molecular formula is C16H23NO3. The number of carbonyl (C=O) groups excluding carboxylic acids is 1. The van der Waals surface area contributed by atoms with E-state index in [0.29, 0.717) is 18.7 Å². The number of hydrogen-bond acceptors (Lipinski definition) is 3. The van der Waals surface area contributed by atoms with Gasteiger partial charge in [-0.2, -0.15) is 0 Å². The Hall–Kier alpha value is -1.81. The van der Waals surface area contributed by atoms with Gasteiger partial charge in [-0.1, -0.05) is 12.7 Å². The van der Waals surface area contributed by atoms with Crippen LogP contribution in [0, 0.1) is 0 Å². The molecule has 0 heterocycles. The molecule has 1 amide bonds. The van der Waals surface area contributed by atoms with Crippen molar-refractivity contribution >= 4 is 5.91 Å². The number of hydrogen-bond donors (Lipinski definition) is 1. The topological polar surface area (TPSA) is 49.8 Å². The molecule has 110 valence electrons. The molecule has 0 aliphatic rings. The summed E-state index contributed by atoms with van der Waals surface area (Å²) in [6.07, 6.45) is 4.31. The van der Waals surface area contributed by atoms with Gasteiger partial charge in [0.25, 0.3) is 5.91 Å². The second-order valence-corrected chi connectivity index (χ2v) is 4.64. The minimum absolute atomic E-state index is 0.00395. The van der Waals surface area contributed by atoms with Crippen molar-refractivity contribution in [1.82, 2.24) is 4.90 Å². The van der Waals surface area contributed by atoms with Crippen LogP contribution in [0.4, 0.5) is 0 Å². The molecule has 0 bridgehead atoms. The SMILES string of the molecule is C=CCOc1ccc(C(=O)N(C)CCCCCO)cc1. The van der Waals surface area contributed by atoms with Crippen molar-refractivity contribution in [3.63, 3.8) is 0 Å². The van der Waals surface area contributed by atoms with E-state index in [1.807, 2.05) is 0 Å². The lowest BCUT2D eigenvalue weighted by atomic mass is 10.2. The molecule has 0 saturated heterocycles. The van der Waals surface area contributed by atoms with Gasteiger partial charge in [-0.3, -0.25) is 4.79 Å². The molecule has 1 aromatic carbocycles. The fourth-order valence-corrected chi connectivity index (χ4v) is 1.81.